The van der Waals surface area contributed by atoms with E-state index in [1.807, 2.05) is 0 Å². The van der Waals surface area contributed by atoms with Crippen LogP contribution in [0, 0.1) is 11.8 Å². The van der Waals surface area contributed by atoms with Gasteiger partial charge in [0.05, 0.1) is 22.7 Å². The van der Waals surface area contributed by atoms with Crippen molar-refractivity contribution in [3.8, 4) is 11.8 Å². The molecule has 0 fully saturated rings. The van der Waals surface area contributed by atoms with Crippen molar-refractivity contribution in [1.29, 1.82) is 0 Å². The number of hydrogen-bond donors (Lipinski definition) is 2. The van der Waals surface area contributed by atoms with Crippen LogP contribution in [0.15, 0.2) is 11.4 Å². The average Bonchev–Trinajstić information content (AvgIpc) is 3.10. The van der Waals surface area contributed by atoms with Crippen LogP contribution >= 0.6 is 22.7 Å². The summed E-state index contributed by atoms with van der Waals surface area (Å²) in [5, 5.41) is 5.36. The number of fused-ring (bicyclic) bond motifs is 1. The monoisotopic (exact) mass is 303 g/mol. The minimum Gasteiger partial charge on any atom is -0.320 e. The van der Waals surface area contributed by atoms with E-state index in [1.165, 1.54) is 22.6 Å². The zero-order valence-electron chi connectivity index (χ0n) is 10.7. The Morgan fingerprint density at radius 3 is 3.20 bits per heavy atom. The number of nitrogens with one attached hydrogen (secondary N) is 1. The molecule has 20 heavy (non-hydrogen) atoms. The first kappa shape index (κ1) is 13.3. The van der Waals surface area contributed by atoms with Gasteiger partial charge < -0.3 is 5.73 Å². The molecule has 6 heteroatoms. The van der Waals surface area contributed by atoms with E-state index >= 15 is 0 Å². The molecule has 0 radical (unpaired) electrons. The molecule has 0 saturated heterocycles. The summed E-state index contributed by atoms with van der Waals surface area (Å²) in [5.74, 6) is 5.57. The summed E-state index contributed by atoms with van der Waals surface area (Å²) in [4.78, 5) is 18.7. The van der Waals surface area contributed by atoms with Crippen molar-refractivity contribution in [2.24, 2.45) is 5.73 Å². The highest BCUT2D eigenvalue weighted by Gasteiger charge is 2.18. The molecule has 2 aromatic rings. The maximum atomic E-state index is 12.1. The fourth-order valence-electron chi connectivity index (χ4n) is 2.07. The van der Waals surface area contributed by atoms with Crippen LogP contribution in [0.5, 0.6) is 0 Å². The van der Waals surface area contributed by atoms with Gasteiger partial charge >= 0.3 is 0 Å². The average molecular weight is 303 g/mol. The van der Waals surface area contributed by atoms with E-state index in [-0.39, 0.29) is 5.91 Å². The third kappa shape index (κ3) is 2.75. The molecule has 1 amide bonds. The Kier molecular flexibility index (Phi) is 3.83. The van der Waals surface area contributed by atoms with Gasteiger partial charge in [0.1, 0.15) is 0 Å². The fraction of sp³-hybridized carbons (Fsp3) is 0.286. The van der Waals surface area contributed by atoms with Crippen molar-refractivity contribution in [1.82, 2.24) is 4.98 Å². The number of hydrogen-bond acceptors (Lipinski definition) is 5. The van der Waals surface area contributed by atoms with E-state index in [9.17, 15) is 4.79 Å². The molecule has 0 aromatic carbocycles. The summed E-state index contributed by atoms with van der Waals surface area (Å²) >= 11 is 3.03. The molecule has 1 aliphatic carbocycles. The van der Waals surface area contributed by atoms with E-state index < -0.39 is 0 Å². The topological polar surface area (TPSA) is 68.0 Å². The van der Waals surface area contributed by atoms with E-state index in [4.69, 9.17) is 5.73 Å². The minimum atomic E-state index is -0.130. The number of rotatable bonds is 2. The highest BCUT2D eigenvalue weighted by molar-refractivity contribution is 7.16. The van der Waals surface area contributed by atoms with Gasteiger partial charge in [-0.15, -0.1) is 22.7 Å². The first-order valence-corrected chi connectivity index (χ1v) is 8.03. The van der Waals surface area contributed by atoms with Crippen LogP contribution in [-0.2, 0) is 12.8 Å². The predicted octanol–water partition coefficient (Wildman–Crippen LogP) is 2.26. The summed E-state index contributed by atoms with van der Waals surface area (Å²) < 4.78 is 0. The molecular weight excluding hydrogens is 290 g/mol. The first-order valence-electron chi connectivity index (χ1n) is 6.33. The van der Waals surface area contributed by atoms with Gasteiger partial charge in [-0.3, -0.25) is 10.1 Å². The Bertz CT molecular complexity index is 684. The number of nitrogens with zero attached hydrogens (tertiary/aromatic N) is 1. The molecule has 1 aliphatic rings. The number of amides is 1. The van der Waals surface area contributed by atoms with Crippen molar-refractivity contribution >= 4 is 33.7 Å². The lowest BCUT2D eigenvalue weighted by molar-refractivity contribution is 0.102. The van der Waals surface area contributed by atoms with E-state index in [0.29, 0.717) is 17.2 Å². The third-order valence-corrected chi connectivity index (χ3v) is 4.91. The summed E-state index contributed by atoms with van der Waals surface area (Å²) in [6.07, 6.45) is 3.29. The number of carbonyl (C=O) groups is 1. The number of carbonyl (C=O) groups excluding carboxylic acids is 1. The van der Waals surface area contributed by atoms with E-state index in [1.54, 1.807) is 22.8 Å². The summed E-state index contributed by atoms with van der Waals surface area (Å²) in [6, 6.07) is 1.78. The Morgan fingerprint density at radius 2 is 2.40 bits per heavy atom. The van der Waals surface area contributed by atoms with Crippen molar-refractivity contribution in [3.05, 3.63) is 32.5 Å². The third-order valence-electron chi connectivity index (χ3n) is 2.99. The van der Waals surface area contributed by atoms with Crippen molar-refractivity contribution < 1.29 is 4.79 Å². The molecule has 0 bridgehead atoms. The summed E-state index contributed by atoms with van der Waals surface area (Å²) in [5.41, 5.74) is 7.09. The van der Waals surface area contributed by atoms with Crippen LogP contribution in [0.2, 0.25) is 0 Å². The fourth-order valence-corrected chi connectivity index (χ4v) is 3.87. The number of thiophene rings is 1. The highest BCUT2D eigenvalue weighted by atomic mass is 32.1. The number of aryl methyl sites for hydroxylation is 2. The molecule has 3 rings (SSSR count). The number of nitrogens with two attached hydrogens (primary N) is 1. The smallest absolute Gasteiger partial charge is 0.258 e. The van der Waals surface area contributed by atoms with Crippen LogP contribution in [0.1, 0.15) is 32.2 Å². The van der Waals surface area contributed by atoms with Gasteiger partial charge in [0, 0.05) is 10.3 Å². The normalized spacial score (nSPS) is 12.7. The summed E-state index contributed by atoms with van der Waals surface area (Å²) in [7, 11) is 0. The summed E-state index contributed by atoms with van der Waals surface area (Å²) in [6.45, 7) is 0.324. The minimum absolute atomic E-state index is 0.130. The maximum absolute atomic E-state index is 12.1. The van der Waals surface area contributed by atoms with E-state index in [0.717, 1.165) is 23.4 Å². The molecule has 0 atom stereocenters. The molecule has 102 valence electrons. The number of aromatic nitrogens is 1. The quantitative estimate of drug-likeness (QED) is 0.836. The van der Waals surface area contributed by atoms with Gasteiger partial charge in [0.15, 0.2) is 5.13 Å². The van der Waals surface area contributed by atoms with Gasteiger partial charge in [-0.1, -0.05) is 11.8 Å². The Hall–Kier alpha value is -1.68. The lowest BCUT2D eigenvalue weighted by Crippen LogP contribution is -2.10. The van der Waals surface area contributed by atoms with Gasteiger partial charge in [0.25, 0.3) is 5.91 Å². The van der Waals surface area contributed by atoms with Crippen LogP contribution in [0.25, 0.3) is 0 Å². The van der Waals surface area contributed by atoms with Crippen molar-refractivity contribution in [2.45, 2.75) is 19.3 Å². The van der Waals surface area contributed by atoms with Gasteiger partial charge in [-0.25, -0.2) is 4.98 Å². The van der Waals surface area contributed by atoms with Crippen LogP contribution in [0.3, 0.4) is 0 Å². The van der Waals surface area contributed by atoms with Crippen molar-refractivity contribution in [2.75, 3.05) is 11.9 Å². The van der Waals surface area contributed by atoms with Crippen LogP contribution < -0.4 is 11.1 Å². The molecule has 4 nitrogen and oxygen atoms in total. The van der Waals surface area contributed by atoms with E-state index in [2.05, 4.69) is 22.1 Å². The molecule has 0 saturated carbocycles. The Morgan fingerprint density at radius 1 is 1.50 bits per heavy atom. The zero-order valence-corrected chi connectivity index (χ0v) is 12.4. The second kappa shape index (κ2) is 5.75. The SMILES string of the molecule is NCC#Cc1cc(C(=O)Nc2nc3c(s2)CCC3)cs1. The Labute approximate surface area is 125 Å². The van der Waals surface area contributed by atoms with Crippen LogP contribution in [-0.4, -0.2) is 17.4 Å². The van der Waals surface area contributed by atoms with Crippen LogP contribution in [0.4, 0.5) is 5.13 Å². The Balaban J connectivity index is 1.70. The molecule has 2 aromatic heterocycles. The zero-order chi connectivity index (χ0) is 13.9. The standard InChI is InChI=1S/C14H13N3OS2/c15-6-2-3-10-7-9(8-19-10)13(18)17-14-16-11-4-1-5-12(11)20-14/h7-8H,1,4-6,15H2,(H,16,17,18). The maximum Gasteiger partial charge on any atom is 0.258 e. The lowest BCUT2D eigenvalue weighted by Gasteiger charge is -1.98. The second-order valence-corrected chi connectivity index (χ2v) is 6.40. The predicted molar refractivity (Wildman–Crippen MR) is 82.3 cm³/mol. The second-order valence-electron chi connectivity index (χ2n) is 4.40. The number of thiazole rings is 1. The molecule has 2 heterocycles. The lowest BCUT2D eigenvalue weighted by atomic mass is 10.3. The van der Waals surface area contributed by atoms with Gasteiger partial charge in [-0.2, -0.15) is 0 Å². The first-order chi connectivity index (χ1) is 9.76. The van der Waals surface area contributed by atoms with Gasteiger partial charge in [0.2, 0.25) is 0 Å². The number of anilines is 1. The molecule has 0 unspecified atom stereocenters. The molecule has 0 spiro atoms. The van der Waals surface area contributed by atoms with Gasteiger partial charge in [-0.05, 0) is 25.3 Å². The molecule has 0 aliphatic heterocycles. The highest BCUT2D eigenvalue weighted by Crippen LogP contribution is 2.30. The largest absolute Gasteiger partial charge is 0.320 e. The molecular formula is C14H13N3OS2. The molecule has 3 N–H and O–H groups in total. The van der Waals surface area contributed by atoms with Crippen molar-refractivity contribution in [3.63, 3.8) is 0 Å².